The van der Waals surface area contributed by atoms with E-state index in [9.17, 15) is 18.0 Å². The summed E-state index contributed by atoms with van der Waals surface area (Å²) in [5, 5.41) is 3.56. The van der Waals surface area contributed by atoms with E-state index in [1.54, 1.807) is 42.5 Å². The van der Waals surface area contributed by atoms with E-state index in [0.29, 0.717) is 28.0 Å². The van der Waals surface area contributed by atoms with Crippen LogP contribution >= 0.6 is 0 Å². The van der Waals surface area contributed by atoms with E-state index in [1.807, 2.05) is 24.3 Å². The maximum atomic E-state index is 12.8. The number of aromatic nitrogens is 1. The molecule has 4 rings (SSSR count). The molecule has 7 heteroatoms. The molecule has 1 N–H and O–H groups in total. The number of ether oxygens (including phenoxy) is 1. The highest BCUT2D eigenvalue weighted by molar-refractivity contribution is 6.12. The van der Waals surface area contributed by atoms with Gasteiger partial charge in [0.15, 0.2) is 0 Å². The molecule has 3 aromatic carbocycles. The molecule has 4 aromatic rings. The number of carbonyl (C=O) groups excluding carboxylic acids is 1. The second-order valence-electron chi connectivity index (χ2n) is 6.47. The van der Waals surface area contributed by atoms with E-state index in [0.717, 1.165) is 5.39 Å². The van der Waals surface area contributed by atoms with Gasteiger partial charge in [0.25, 0.3) is 5.91 Å². The van der Waals surface area contributed by atoms with Gasteiger partial charge in [-0.1, -0.05) is 48.5 Å². The lowest BCUT2D eigenvalue weighted by molar-refractivity contribution is -0.274. The normalized spacial score (nSPS) is 11.3. The predicted molar refractivity (Wildman–Crippen MR) is 108 cm³/mol. The standard InChI is InChI=1S/C23H15F3N2O2/c24-23(25,26)30-18-10-4-7-16(14-18)20-13-12-15-6-5-11-19(21(15)28-20)22(29)27-17-8-2-1-3-9-17/h1-14H,(H,27,29). The third-order valence-corrected chi connectivity index (χ3v) is 4.36. The van der Waals surface area contributed by atoms with Crippen molar-refractivity contribution in [3.63, 3.8) is 0 Å². The third kappa shape index (κ3) is 4.41. The molecule has 1 heterocycles. The zero-order valence-corrected chi connectivity index (χ0v) is 15.5. The van der Waals surface area contributed by atoms with Crippen LogP contribution in [0.25, 0.3) is 22.2 Å². The van der Waals surface area contributed by atoms with Gasteiger partial charge in [-0.3, -0.25) is 4.79 Å². The molecule has 0 spiro atoms. The Morgan fingerprint density at radius 1 is 0.867 bits per heavy atom. The molecule has 0 fully saturated rings. The summed E-state index contributed by atoms with van der Waals surface area (Å²) in [4.78, 5) is 17.3. The molecule has 150 valence electrons. The molecular formula is C23H15F3N2O2. The molecular weight excluding hydrogens is 393 g/mol. The molecule has 1 amide bonds. The number of pyridine rings is 1. The number of halogens is 3. The summed E-state index contributed by atoms with van der Waals surface area (Å²) in [6, 6.07) is 23.3. The van der Waals surface area contributed by atoms with Crippen molar-refractivity contribution in [2.45, 2.75) is 6.36 Å². The number of nitrogens with one attached hydrogen (secondary N) is 1. The number of para-hydroxylation sites is 2. The molecule has 0 bridgehead atoms. The Morgan fingerprint density at radius 2 is 1.63 bits per heavy atom. The number of amides is 1. The van der Waals surface area contributed by atoms with Gasteiger partial charge in [0.05, 0.1) is 16.8 Å². The highest BCUT2D eigenvalue weighted by atomic mass is 19.4. The van der Waals surface area contributed by atoms with E-state index in [2.05, 4.69) is 15.0 Å². The summed E-state index contributed by atoms with van der Waals surface area (Å²) in [7, 11) is 0. The molecule has 1 aromatic heterocycles. The fraction of sp³-hybridized carbons (Fsp3) is 0.0435. The minimum atomic E-state index is -4.78. The van der Waals surface area contributed by atoms with Gasteiger partial charge in [0.1, 0.15) is 5.75 Å². The molecule has 0 aliphatic rings. The number of fused-ring (bicyclic) bond motifs is 1. The number of nitrogens with zero attached hydrogens (tertiary/aromatic N) is 1. The van der Waals surface area contributed by atoms with Crippen molar-refractivity contribution in [3.05, 3.63) is 90.5 Å². The molecule has 0 saturated heterocycles. The Bertz CT molecular complexity index is 1210. The van der Waals surface area contributed by atoms with Gasteiger partial charge < -0.3 is 10.1 Å². The first-order valence-corrected chi connectivity index (χ1v) is 9.01. The Labute approximate surface area is 169 Å². The van der Waals surface area contributed by atoms with Gasteiger partial charge in [0, 0.05) is 16.6 Å². The average molecular weight is 408 g/mol. The maximum absolute atomic E-state index is 12.8. The van der Waals surface area contributed by atoms with Crippen molar-refractivity contribution in [3.8, 4) is 17.0 Å². The van der Waals surface area contributed by atoms with Gasteiger partial charge in [-0.05, 0) is 36.4 Å². The minimum Gasteiger partial charge on any atom is -0.406 e. The zero-order valence-electron chi connectivity index (χ0n) is 15.5. The summed E-state index contributed by atoms with van der Waals surface area (Å²) < 4.78 is 41.6. The number of anilines is 1. The molecule has 30 heavy (non-hydrogen) atoms. The lowest BCUT2D eigenvalue weighted by Gasteiger charge is -2.11. The van der Waals surface area contributed by atoms with Crippen molar-refractivity contribution >= 4 is 22.5 Å². The van der Waals surface area contributed by atoms with Crippen LogP contribution in [0, 0.1) is 0 Å². The van der Waals surface area contributed by atoms with Gasteiger partial charge in [-0.25, -0.2) is 4.98 Å². The third-order valence-electron chi connectivity index (χ3n) is 4.36. The van der Waals surface area contributed by atoms with E-state index >= 15 is 0 Å². The molecule has 0 unspecified atom stereocenters. The topological polar surface area (TPSA) is 51.2 Å². The van der Waals surface area contributed by atoms with Crippen LogP contribution in [0.5, 0.6) is 5.75 Å². The highest BCUT2D eigenvalue weighted by Crippen LogP contribution is 2.29. The predicted octanol–water partition coefficient (Wildman–Crippen LogP) is 6.05. The molecule has 0 atom stereocenters. The van der Waals surface area contributed by atoms with Crippen molar-refractivity contribution in [2.75, 3.05) is 5.32 Å². The molecule has 4 nitrogen and oxygen atoms in total. The fourth-order valence-corrected chi connectivity index (χ4v) is 3.06. The van der Waals surface area contributed by atoms with Crippen LogP contribution in [0.3, 0.4) is 0 Å². The summed E-state index contributed by atoms with van der Waals surface area (Å²) in [5.74, 6) is -0.664. The van der Waals surface area contributed by atoms with Crippen LogP contribution in [0.15, 0.2) is 84.9 Å². The SMILES string of the molecule is O=C(Nc1ccccc1)c1cccc2ccc(-c3cccc(OC(F)(F)F)c3)nc12. The Morgan fingerprint density at radius 3 is 2.40 bits per heavy atom. The number of hydrogen-bond acceptors (Lipinski definition) is 3. The lowest BCUT2D eigenvalue weighted by Crippen LogP contribution is -2.17. The molecule has 0 aliphatic carbocycles. The Balaban J connectivity index is 1.71. The van der Waals surface area contributed by atoms with Crippen LogP contribution in [-0.2, 0) is 0 Å². The zero-order chi connectivity index (χ0) is 21.1. The van der Waals surface area contributed by atoms with Crippen LogP contribution in [0.2, 0.25) is 0 Å². The summed E-state index contributed by atoms with van der Waals surface area (Å²) in [5.41, 5.74) is 2.33. The summed E-state index contributed by atoms with van der Waals surface area (Å²) in [6.45, 7) is 0. The van der Waals surface area contributed by atoms with Crippen molar-refractivity contribution in [2.24, 2.45) is 0 Å². The van der Waals surface area contributed by atoms with Gasteiger partial charge in [0.2, 0.25) is 0 Å². The Kier molecular flexibility index (Phi) is 5.10. The number of carbonyl (C=O) groups is 1. The molecule has 0 aliphatic heterocycles. The van der Waals surface area contributed by atoms with E-state index < -0.39 is 6.36 Å². The first kappa shape index (κ1) is 19.4. The average Bonchev–Trinajstić information content (AvgIpc) is 2.72. The van der Waals surface area contributed by atoms with Crippen molar-refractivity contribution < 1.29 is 22.7 Å². The highest BCUT2D eigenvalue weighted by Gasteiger charge is 2.31. The van der Waals surface area contributed by atoms with Crippen molar-refractivity contribution in [1.82, 2.24) is 4.98 Å². The monoisotopic (exact) mass is 408 g/mol. The molecule has 0 saturated carbocycles. The van der Waals surface area contributed by atoms with E-state index in [-0.39, 0.29) is 11.7 Å². The number of benzene rings is 3. The number of hydrogen-bond donors (Lipinski definition) is 1. The van der Waals surface area contributed by atoms with Crippen LogP contribution in [0.4, 0.5) is 18.9 Å². The van der Waals surface area contributed by atoms with Crippen LogP contribution in [-0.4, -0.2) is 17.3 Å². The van der Waals surface area contributed by atoms with Crippen LogP contribution < -0.4 is 10.1 Å². The summed E-state index contributed by atoms with van der Waals surface area (Å²) in [6.07, 6.45) is -4.78. The van der Waals surface area contributed by atoms with Gasteiger partial charge in [-0.2, -0.15) is 0 Å². The van der Waals surface area contributed by atoms with Gasteiger partial charge >= 0.3 is 6.36 Å². The first-order valence-electron chi connectivity index (χ1n) is 9.01. The minimum absolute atomic E-state index is 0.328. The summed E-state index contributed by atoms with van der Waals surface area (Å²) >= 11 is 0. The first-order chi connectivity index (χ1) is 14.4. The number of rotatable bonds is 4. The smallest absolute Gasteiger partial charge is 0.406 e. The number of alkyl halides is 3. The van der Waals surface area contributed by atoms with E-state index in [4.69, 9.17) is 0 Å². The fourth-order valence-electron chi connectivity index (χ4n) is 3.06. The van der Waals surface area contributed by atoms with Gasteiger partial charge in [-0.15, -0.1) is 13.2 Å². The van der Waals surface area contributed by atoms with Crippen LogP contribution in [0.1, 0.15) is 10.4 Å². The quantitative estimate of drug-likeness (QED) is 0.447. The molecule has 0 radical (unpaired) electrons. The largest absolute Gasteiger partial charge is 0.573 e. The second-order valence-corrected chi connectivity index (χ2v) is 6.47. The Hall–Kier alpha value is -3.87. The second kappa shape index (κ2) is 7.87. The lowest BCUT2D eigenvalue weighted by atomic mass is 10.1. The van der Waals surface area contributed by atoms with E-state index in [1.165, 1.54) is 18.2 Å². The van der Waals surface area contributed by atoms with Crippen molar-refractivity contribution in [1.29, 1.82) is 0 Å². The maximum Gasteiger partial charge on any atom is 0.573 e.